The highest BCUT2D eigenvalue weighted by Crippen LogP contribution is 2.39. The minimum Gasteiger partial charge on any atom is -0.507 e. The molecule has 0 amide bonds. The van der Waals surface area contributed by atoms with Crippen LogP contribution in [-0.4, -0.2) is 36.9 Å². The van der Waals surface area contributed by atoms with E-state index in [1.165, 1.54) is 6.92 Å². The summed E-state index contributed by atoms with van der Waals surface area (Å²) < 4.78 is 40.8. The lowest BCUT2D eigenvalue weighted by atomic mass is 9.92. The van der Waals surface area contributed by atoms with Crippen LogP contribution in [0, 0.1) is 6.92 Å². The van der Waals surface area contributed by atoms with Crippen LogP contribution in [0.25, 0.3) is 22.6 Å². The molecule has 0 unspecified atom stereocenters. The van der Waals surface area contributed by atoms with E-state index in [0.717, 1.165) is 31.7 Å². The predicted molar refractivity (Wildman–Crippen MR) is 107 cm³/mol. The average Bonchev–Trinajstić information content (AvgIpc) is 2.98. The first kappa shape index (κ1) is 20.5. The monoisotopic (exact) mass is 420 g/mol. The quantitative estimate of drug-likeness (QED) is 0.586. The van der Waals surface area contributed by atoms with Gasteiger partial charge in [0, 0.05) is 7.05 Å². The number of nitrogens with zero attached hydrogens (tertiary/aromatic N) is 3. The Bertz CT molecular complexity index is 1070. The SMILES string of the molecule is Cc1cc(C(F)(F)F)cc(O)c1-c1nc2nc(N[C@H]3CCCC[C@@H]3O)ccc2n1C. The van der Waals surface area contributed by atoms with E-state index in [4.69, 9.17) is 0 Å². The molecule has 1 aromatic carbocycles. The van der Waals surface area contributed by atoms with Gasteiger partial charge in [0.15, 0.2) is 5.65 Å². The molecule has 3 aromatic rings. The number of aliphatic hydroxyl groups excluding tert-OH is 1. The summed E-state index contributed by atoms with van der Waals surface area (Å²) in [7, 11) is 1.72. The average molecular weight is 420 g/mol. The van der Waals surface area contributed by atoms with Gasteiger partial charge in [0.05, 0.1) is 28.8 Å². The normalized spacial score (nSPS) is 19.9. The van der Waals surface area contributed by atoms with Crippen molar-refractivity contribution in [3.8, 4) is 17.1 Å². The second kappa shape index (κ2) is 7.46. The molecule has 0 spiro atoms. The third kappa shape index (κ3) is 3.69. The number of benzene rings is 1. The summed E-state index contributed by atoms with van der Waals surface area (Å²) in [6.07, 6.45) is -1.32. The second-order valence-corrected chi connectivity index (χ2v) is 7.82. The first-order valence-electron chi connectivity index (χ1n) is 9.84. The molecule has 30 heavy (non-hydrogen) atoms. The zero-order valence-corrected chi connectivity index (χ0v) is 16.7. The number of pyridine rings is 1. The van der Waals surface area contributed by atoms with Crippen LogP contribution in [0.2, 0.25) is 0 Å². The summed E-state index contributed by atoms with van der Waals surface area (Å²) in [6, 6.07) is 5.24. The second-order valence-electron chi connectivity index (χ2n) is 7.82. The Balaban J connectivity index is 1.72. The van der Waals surface area contributed by atoms with Crippen LogP contribution in [0.4, 0.5) is 19.0 Å². The zero-order valence-electron chi connectivity index (χ0n) is 16.7. The molecule has 9 heteroatoms. The zero-order chi connectivity index (χ0) is 21.6. The van der Waals surface area contributed by atoms with E-state index in [0.29, 0.717) is 28.9 Å². The third-order valence-corrected chi connectivity index (χ3v) is 5.67. The van der Waals surface area contributed by atoms with Crippen LogP contribution in [0.5, 0.6) is 5.75 Å². The molecular formula is C21H23F3N4O2. The van der Waals surface area contributed by atoms with Crippen LogP contribution in [0.3, 0.4) is 0 Å². The number of fused-ring (bicyclic) bond motifs is 1. The number of aliphatic hydroxyl groups is 1. The predicted octanol–water partition coefficient (Wildman–Crippen LogP) is 4.38. The molecular weight excluding hydrogens is 397 g/mol. The van der Waals surface area contributed by atoms with E-state index >= 15 is 0 Å². The molecule has 1 aliphatic carbocycles. The van der Waals surface area contributed by atoms with Crippen LogP contribution in [0.15, 0.2) is 24.3 Å². The van der Waals surface area contributed by atoms with E-state index in [-0.39, 0.29) is 17.2 Å². The van der Waals surface area contributed by atoms with E-state index in [9.17, 15) is 23.4 Å². The number of hydrogen-bond donors (Lipinski definition) is 3. The van der Waals surface area contributed by atoms with E-state index in [2.05, 4.69) is 15.3 Å². The van der Waals surface area contributed by atoms with E-state index in [1.807, 2.05) is 6.07 Å². The van der Waals surface area contributed by atoms with Gasteiger partial charge in [-0.3, -0.25) is 0 Å². The Hall–Kier alpha value is -2.81. The Morgan fingerprint density at radius 1 is 1.13 bits per heavy atom. The van der Waals surface area contributed by atoms with Crippen molar-refractivity contribution in [3.63, 3.8) is 0 Å². The number of phenolic OH excluding ortho intramolecular Hbond substituents is 1. The van der Waals surface area contributed by atoms with Gasteiger partial charge in [-0.15, -0.1) is 0 Å². The van der Waals surface area contributed by atoms with Gasteiger partial charge in [-0.25, -0.2) is 9.97 Å². The number of halogens is 3. The van der Waals surface area contributed by atoms with Crippen molar-refractivity contribution in [2.24, 2.45) is 7.05 Å². The Labute approximate surface area is 171 Å². The molecule has 6 nitrogen and oxygen atoms in total. The Morgan fingerprint density at radius 2 is 1.87 bits per heavy atom. The van der Waals surface area contributed by atoms with Crippen molar-refractivity contribution in [2.75, 3.05) is 5.32 Å². The summed E-state index contributed by atoms with van der Waals surface area (Å²) >= 11 is 0. The van der Waals surface area contributed by atoms with Gasteiger partial charge in [0.2, 0.25) is 0 Å². The molecule has 0 radical (unpaired) electrons. The number of aryl methyl sites for hydroxylation is 2. The van der Waals surface area contributed by atoms with Gasteiger partial charge < -0.3 is 20.1 Å². The minimum atomic E-state index is -4.54. The first-order chi connectivity index (χ1) is 14.1. The third-order valence-electron chi connectivity index (χ3n) is 5.67. The minimum absolute atomic E-state index is 0.0758. The lowest BCUT2D eigenvalue weighted by Gasteiger charge is -2.28. The molecule has 160 valence electrons. The summed E-state index contributed by atoms with van der Waals surface area (Å²) in [6.45, 7) is 1.51. The van der Waals surface area contributed by atoms with Crippen molar-refractivity contribution >= 4 is 17.0 Å². The summed E-state index contributed by atoms with van der Waals surface area (Å²) in [4.78, 5) is 8.99. The van der Waals surface area contributed by atoms with Crippen molar-refractivity contribution in [3.05, 3.63) is 35.4 Å². The summed E-state index contributed by atoms with van der Waals surface area (Å²) in [5.74, 6) is 0.423. The first-order valence-corrected chi connectivity index (χ1v) is 9.84. The molecule has 0 saturated heterocycles. The van der Waals surface area contributed by atoms with Crippen LogP contribution in [-0.2, 0) is 13.2 Å². The maximum Gasteiger partial charge on any atom is 0.416 e. The highest BCUT2D eigenvalue weighted by molar-refractivity contribution is 5.81. The fourth-order valence-corrected chi connectivity index (χ4v) is 4.07. The fourth-order valence-electron chi connectivity index (χ4n) is 4.07. The molecule has 3 N–H and O–H groups in total. The number of aromatic hydroxyl groups is 1. The van der Waals surface area contributed by atoms with Crippen molar-refractivity contribution in [1.29, 1.82) is 0 Å². The molecule has 1 fully saturated rings. The van der Waals surface area contributed by atoms with Crippen LogP contribution < -0.4 is 5.32 Å². The molecule has 2 aromatic heterocycles. The number of nitrogens with one attached hydrogen (secondary N) is 1. The van der Waals surface area contributed by atoms with Gasteiger partial charge in [-0.05, 0) is 49.6 Å². The van der Waals surface area contributed by atoms with E-state index in [1.54, 1.807) is 17.7 Å². The standard InChI is InChI=1S/C21H23F3N4O2/c1-11-9-12(21(22,23)24)10-16(30)18(11)20-27-19-14(28(20)2)7-8-17(26-19)25-13-5-3-4-6-15(13)29/h7-10,13,15,29-30H,3-6H2,1-2H3,(H,25,26)/t13-,15-/m0/s1. The molecule has 2 atom stereocenters. The number of imidazole rings is 1. The van der Waals surface area contributed by atoms with Crippen molar-refractivity contribution < 1.29 is 23.4 Å². The molecule has 0 aliphatic heterocycles. The van der Waals surface area contributed by atoms with Gasteiger partial charge in [-0.2, -0.15) is 13.2 Å². The smallest absolute Gasteiger partial charge is 0.416 e. The number of phenols is 1. The number of aromatic nitrogens is 3. The molecule has 4 rings (SSSR count). The van der Waals surface area contributed by atoms with Crippen molar-refractivity contribution in [1.82, 2.24) is 14.5 Å². The fraction of sp³-hybridized carbons (Fsp3) is 0.429. The van der Waals surface area contributed by atoms with Crippen molar-refractivity contribution in [2.45, 2.75) is 50.9 Å². The lowest BCUT2D eigenvalue weighted by molar-refractivity contribution is -0.137. The Morgan fingerprint density at radius 3 is 2.53 bits per heavy atom. The maximum atomic E-state index is 13.0. The topological polar surface area (TPSA) is 83.2 Å². The Kier molecular flexibility index (Phi) is 5.09. The summed E-state index contributed by atoms with van der Waals surface area (Å²) in [5, 5.41) is 23.7. The largest absolute Gasteiger partial charge is 0.507 e. The highest BCUT2D eigenvalue weighted by Gasteiger charge is 2.32. The van der Waals surface area contributed by atoms with Gasteiger partial charge in [0.1, 0.15) is 17.4 Å². The lowest BCUT2D eigenvalue weighted by Crippen LogP contribution is -2.36. The maximum absolute atomic E-state index is 13.0. The molecule has 1 saturated carbocycles. The highest BCUT2D eigenvalue weighted by atomic mass is 19.4. The van der Waals surface area contributed by atoms with Crippen LogP contribution in [0.1, 0.15) is 36.8 Å². The number of anilines is 1. The van der Waals surface area contributed by atoms with Gasteiger partial charge >= 0.3 is 6.18 Å². The molecule has 2 heterocycles. The van der Waals surface area contributed by atoms with Crippen LogP contribution >= 0.6 is 0 Å². The number of rotatable bonds is 3. The molecule has 0 bridgehead atoms. The number of hydrogen-bond acceptors (Lipinski definition) is 5. The number of alkyl halides is 3. The molecule has 1 aliphatic rings. The van der Waals surface area contributed by atoms with Gasteiger partial charge in [-0.1, -0.05) is 12.8 Å². The van der Waals surface area contributed by atoms with E-state index < -0.39 is 23.6 Å². The summed E-state index contributed by atoms with van der Waals surface area (Å²) in [5.41, 5.74) is 0.681. The van der Waals surface area contributed by atoms with Gasteiger partial charge in [0.25, 0.3) is 0 Å².